The van der Waals surface area contributed by atoms with Crippen LogP contribution in [-0.2, 0) is 4.74 Å². The summed E-state index contributed by atoms with van der Waals surface area (Å²) in [5.74, 6) is -0.00790. The van der Waals surface area contributed by atoms with Crippen LogP contribution in [0.15, 0.2) is 24.3 Å². The fraction of sp³-hybridized carbons (Fsp3) is 0.619. The molecule has 1 aromatic rings. The number of rotatable bonds is 3. The average Bonchev–Trinajstić information content (AvgIpc) is 3.29. The first-order valence-corrected chi connectivity index (χ1v) is 10.5. The van der Waals surface area contributed by atoms with Crippen molar-refractivity contribution in [2.75, 3.05) is 57.8 Å². The molecule has 0 aliphatic carbocycles. The minimum Gasteiger partial charge on any atom is -0.378 e. The molecule has 152 valence electrons. The lowest BCUT2D eigenvalue weighted by Crippen LogP contribution is -2.50. The highest BCUT2D eigenvalue weighted by atomic mass is 16.5. The molecular weight excluding hydrogens is 356 g/mol. The first-order valence-electron chi connectivity index (χ1n) is 10.5. The minimum absolute atomic E-state index is 0.00790. The molecule has 28 heavy (non-hydrogen) atoms. The third kappa shape index (κ3) is 4.47. The summed E-state index contributed by atoms with van der Waals surface area (Å²) in [6.07, 6.45) is 4.76. The Balaban J connectivity index is 1.36. The van der Waals surface area contributed by atoms with E-state index in [0.717, 1.165) is 32.6 Å². The first-order chi connectivity index (χ1) is 13.7. The lowest BCUT2D eigenvalue weighted by Gasteiger charge is -2.37. The van der Waals surface area contributed by atoms with Crippen molar-refractivity contribution < 1.29 is 14.3 Å². The minimum atomic E-state index is -0.0696. The predicted octanol–water partition coefficient (Wildman–Crippen LogP) is 2.25. The molecule has 1 N–H and O–H groups in total. The Morgan fingerprint density at radius 1 is 0.964 bits per heavy atom. The number of anilines is 1. The smallest absolute Gasteiger partial charge is 0.321 e. The topological polar surface area (TPSA) is 65.1 Å². The normalized spacial score (nSPS) is 23.6. The molecule has 4 rings (SSSR count). The molecule has 7 heteroatoms. The molecule has 1 atom stereocenters. The van der Waals surface area contributed by atoms with E-state index in [1.54, 1.807) is 17.0 Å². The van der Waals surface area contributed by atoms with Crippen LogP contribution in [0.25, 0.3) is 0 Å². The molecule has 3 fully saturated rings. The van der Waals surface area contributed by atoms with Crippen molar-refractivity contribution in [2.45, 2.75) is 31.7 Å². The molecule has 0 bridgehead atoms. The van der Waals surface area contributed by atoms with Gasteiger partial charge in [0.05, 0.1) is 13.2 Å². The van der Waals surface area contributed by atoms with Gasteiger partial charge in [0.1, 0.15) is 0 Å². The maximum atomic E-state index is 12.8. The molecule has 1 aromatic carbocycles. The second kappa shape index (κ2) is 8.92. The number of piperidine rings is 1. The molecule has 3 aliphatic heterocycles. The number of urea groups is 1. The Kier molecular flexibility index (Phi) is 6.12. The Morgan fingerprint density at radius 2 is 1.75 bits per heavy atom. The highest BCUT2D eigenvalue weighted by molar-refractivity contribution is 5.97. The summed E-state index contributed by atoms with van der Waals surface area (Å²) in [6.45, 7) is 6.28. The van der Waals surface area contributed by atoms with Crippen molar-refractivity contribution in [3.63, 3.8) is 0 Å². The number of nitrogens with one attached hydrogen (secondary N) is 1. The van der Waals surface area contributed by atoms with Crippen LogP contribution in [-0.4, -0.2) is 85.2 Å². The maximum Gasteiger partial charge on any atom is 0.321 e. The number of carbonyl (C=O) groups is 2. The molecule has 0 spiro atoms. The average molecular weight is 386 g/mol. The quantitative estimate of drug-likeness (QED) is 0.865. The number of carbonyl (C=O) groups excluding carboxylic acids is 2. The van der Waals surface area contributed by atoms with E-state index in [1.807, 2.05) is 17.0 Å². The number of benzene rings is 1. The Bertz CT molecular complexity index is 699. The van der Waals surface area contributed by atoms with E-state index >= 15 is 0 Å². The van der Waals surface area contributed by atoms with Gasteiger partial charge in [-0.15, -0.1) is 0 Å². The predicted molar refractivity (Wildman–Crippen MR) is 108 cm³/mol. The van der Waals surface area contributed by atoms with Gasteiger partial charge in [-0.3, -0.25) is 9.69 Å². The third-order valence-electron chi connectivity index (χ3n) is 6.00. The van der Waals surface area contributed by atoms with Crippen LogP contribution in [0, 0.1) is 0 Å². The molecule has 0 radical (unpaired) electrons. The van der Waals surface area contributed by atoms with Crippen molar-refractivity contribution >= 4 is 17.6 Å². The zero-order valence-corrected chi connectivity index (χ0v) is 16.4. The summed E-state index contributed by atoms with van der Waals surface area (Å²) in [5.41, 5.74) is 1.28. The van der Waals surface area contributed by atoms with Crippen molar-refractivity contribution in [3.8, 4) is 0 Å². The van der Waals surface area contributed by atoms with E-state index in [1.165, 1.54) is 19.3 Å². The van der Waals surface area contributed by atoms with Crippen molar-refractivity contribution in [1.29, 1.82) is 0 Å². The van der Waals surface area contributed by atoms with E-state index < -0.39 is 0 Å². The van der Waals surface area contributed by atoms with E-state index in [-0.39, 0.29) is 11.9 Å². The second-order valence-corrected chi connectivity index (χ2v) is 7.90. The second-order valence-electron chi connectivity index (χ2n) is 7.90. The van der Waals surface area contributed by atoms with Crippen molar-refractivity contribution in [2.24, 2.45) is 0 Å². The standard InChI is InChI=1S/C21H30N4O3/c26-20(24-11-13-28-14-12-24)17-5-3-6-18(15-17)22-21(27)25-10-4-7-19(16-25)23-8-1-2-9-23/h3,5-6,15,19H,1-2,4,7-14,16H2,(H,22,27)/t19-/m0/s1. The lowest BCUT2D eigenvalue weighted by atomic mass is 10.0. The monoisotopic (exact) mass is 386 g/mol. The highest BCUT2D eigenvalue weighted by Gasteiger charge is 2.29. The number of nitrogens with zero attached hydrogens (tertiary/aromatic N) is 3. The molecule has 0 aromatic heterocycles. The Morgan fingerprint density at radius 3 is 2.54 bits per heavy atom. The first kappa shape index (κ1) is 19.2. The highest BCUT2D eigenvalue weighted by Crippen LogP contribution is 2.21. The molecule has 0 unspecified atom stereocenters. The molecule has 3 aliphatic rings. The number of hydrogen-bond acceptors (Lipinski definition) is 4. The zero-order chi connectivity index (χ0) is 19.3. The van der Waals surface area contributed by atoms with Crippen molar-refractivity contribution in [1.82, 2.24) is 14.7 Å². The zero-order valence-electron chi connectivity index (χ0n) is 16.4. The van der Waals surface area contributed by atoms with Gasteiger partial charge in [0.15, 0.2) is 0 Å². The van der Waals surface area contributed by atoms with Crippen LogP contribution in [0.4, 0.5) is 10.5 Å². The van der Waals surface area contributed by atoms with E-state index in [2.05, 4.69) is 10.2 Å². The van der Waals surface area contributed by atoms with Gasteiger partial charge in [-0.1, -0.05) is 6.07 Å². The van der Waals surface area contributed by atoms with E-state index in [4.69, 9.17) is 4.74 Å². The van der Waals surface area contributed by atoms with Gasteiger partial charge >= 0.3 is 6.03 Å². The van der Waals surface area contributed by atoms with Crippen LogP contribution in [0.1, 0.15) is 36.0 Å². The summed E-state index contributed by atoms with van der Waals surface area (Å²) in [7, 11) is 0. The van der Waals surface area contributed by atoms with Crippen LogP contribution in [0.2, 0.25) is 0 Å². The van der Waals surface area contributed by atoms with Crippen LogP contribution in [0.5, 0.6) is 0 Å². The lowest BCUT2D eigenvalue weighted by molar-refractivity contribution is 0.0303. The Hall–Kier alpha value is -2.12. The molecular formula is C21H30N4O3. The van der Waals surface area contributed by atoms with E-state index in [9.17, 15) is 9.59 Å². The number of amides is 3. The van der Waals surface area contributed by atoms with Gasteiger partial charge in [0, 0.05) is 43.5 Å². The van der Waals surface area contributed by atoms with Gasteiger partial charge in [0.2, 0.25) is 0 Å². The largest absolute Gasteiger partial charge is 0.378 e. The summed E-state index contributed by atoms with van der Waals surface area (Å²) in [5, 5.41) is 2.99. The number of ether oxygens (including phenoxy) is 1. The molecule has 3 amide bonds. The van der Waals surface area contributed by atoms with Crippen LogP contribution < -0.4 is 5.32 Å². The van der Waals surface area contributed by atoms with Gasteiger partial charge in [-0.2, -0.15) is 0 Å². The van der Waals surface area contributed by atoms with Crippen LogP contribution >= 0.6 is 0 Å². The van der Waals surface area contributed by atoms with Gasteiger partial charge in [0.25, 0.3) is 5.91 Å². The fourth-order valence-corrected chi connectivity index (χ4v) is 4.43. The van der Waals surface area contributed by atoms with Crippen LogP contribution in [0.3, 0.4) is 0 Å². The SMILES string of the molecule is O=C(Nc1cccc(C(=O)N2CCOCC2)c1)N1CCC[C@H](N2CCCC2)C1. The van der Waals surface area contributed by atoms with E-state index in [0.29, 0.717) is 43.6 Å². The van der Waals surface area contributed by atoms with Crippen molar-refractivity contribution in [3.05, 3.63) is 29.8 Å². The van der Waals surface area contributed by atoms with Gasteiger partial charge in [-0.05, 0) is 57.0 Å². The van der Waals surface area contributed by atoms with Gasteiger partial charge < -0.3 is 19.9 Å². The summed E-state index contributed by atoms with van der Waals surface area (Å²) >= 11 is 0. The molecule has 3 heterocycles. The molecule has 0 saturated carbocycles. The Labute approximate surface area is 166 Å². The molecule has 7 nitrogen and oxygen atoms in total. The maximum absolute atomic E-state index is 12.8. The number of hydrogen-bond donors (Lipinski definition) is 1. The summed E-state index contributed by atoms with van der Waals surface area (Å²) < 4.78 is 5.31. The molecule has 3 saturated heterocycles. The number of likely N-dealkylation sites (tertiary alicyclic amines) is 2. The summed E-state index contributed by atoms with van der Waals surface area (Å²) in [6, 6.07) is 7.66. The fourth-order valence-electron chi connectivity index (χ4n) is 4.43. The number of morpholine rings is 1. The third-order valence-corrected chi connectivity index (χ3v) is 6.00. The van der Waals surface area contributed by atoms with Gasteiger partial charge in [-0.25, -0.2) is 4.79 Å². The summed E-state index contributed by atoms with van der Waals surface area (Å²) in [4.78, 5) is 31.7.